The molecule has 2 N–H and O–H groups in total. The van der Waals surface area contributed by atoms with Crippen molar-refractivity contribution < 1.29 is 14.7 Å². The van der Waals surface area contributed by atoms with E-state index in [0.29, 0.717) is 19.4 Å². The van der Waals surface area contributed by atoms with Gasteiger partial charge in [-0.05, 0) is 40.7 Å². The number of amides is 1. The van der Waals surface area contributed by atoms with E-state index in [1.165, 1.54) is 0 Å². The molecule has 4 nitrogen and oxygen atoms in total. The summed E-state index contributed by atoms with van der Waals surface area (Å²) in [6.07, 6.45) is 3.01. The summed E-state index contributed by atoms with van der Waals surface area (Å²) in [5, 5.41) is 11.4. The van der Waals surface area contributed by atoms with E-state index in [1.807, 2.05) is 36.4 Å². The highest BCUT2D eigenvalue weighted by Gasteiger charge is 2.22. The topological polar surface area (TPSA) is 66.4 Å². The smallest absolute Gasteiger partial charge is 0.303 e. The van der Waals surface area contributed by atoms with Gasteiger partial charge in [-0.1, -0.05) is 48.5 Å². The molecule has 1 amide bonds. The molecule has 0 spiro atoms. The lowest BCUT2D eigenvalue weighted by Crippen LogP contribution is -2.22. The average molecular weight is 321 g/mol. The van der Waals surface area contributed by atoms with Crippen LogP contribution in [0.1, 0.15) is 30.4 Å². The second kappa shape index (κ2) is 7.13. The largest absolute Gasteiger partial charge is 0.481 e. The van der Waals surface area contributed by atoms with E-state index in [9.17, 15) is 9.59 Å². The number of fused-ring (bicyclic) bond motifs is 3. The number of carboxylic acid groups (broad SMARTS) is 1. The van der Waals surface area contributed by atoms with Gasteiger partial charge in [0.25, 0.3) is 0 Å². The Hall–Kier alpha value is -2.88. The molecular weight excluding hydrogens is 302 g/mol. The predicted octanol–water partition coefficient (Wildman–Crippen LogP) is 3.47. The van der Waals surface area contributed by atoms with E-state index in [-0.39, 0.29) is 12.3 Å². The van der Waals surface area contributed by atoms with Gasteiger partial charge in [0.05, 0.1) is 0 Å². The van der Waals surface area contributed by atoms with Crippen LogP contribution in [0.2, 0.25) is 0 Å². The van der Waals surface area contributed by atoms with Gasteiger partial charge >= 0.3 is 5.97 Å². The molecule has 0 bridgehead atoms. The summed E-state index contributed by atoms with van der Waals surface area (Å²) in [5.41, 5.74) is 5.37. The minimum atomic E-state index is -0.803. The molecule has 4 heteroatoms. The van der Waals surface area contributed by atoms with Crippen molar-refractivity contribution in [3.05, 3.63) is 65.7 Å². The summed E-state index contributed by atoms with van der Waals surface area (Å²) < 4.78 is 0. The zero-order valence-electron chi connectivity index (χ0n) is 13.3. The van der Waals surface area contributed by atoms with Gasteiger partial charge in [0.15, 0.2) is 0 Å². The molecule has 2 aromatic rings. The van der Waals surface area contributed by atoms with Gasteiger partial charge in [0, 0.05) is 19.0 Å². The van der Waals surface area contributed by atoms with Crippen LogP contribution >= 0.6 is 0 Å². The minimum absolute atomic E-state index is 0.137. The molecule has 3 rings (SSSR count). The first-order valence-corrected chi connectivity index (χ1v) is 8.07. The van der Waals surface area contributed by atoms with Crippen LogP contribution in [0.5, 0.6) is 0 Å². The molecule has 0 fully saturated rings. The van der Waals surface area contributed by atoms with Crippen LogP contribution in [-0.2, 0) is 9.59 Å². The zero-order chi connectivity index (χ0) is 16.9. The Kier molecular flexibility index (Phi) is 4.75. The highest BCUT2D eigenvalue weighted by atomic mass is 16.4. The monoisotopic (exact) mass is 321 g/mol. The molecule has 1 aliphatic rings. The summed E-state index contributed by atoms with van der Waals surface area (Å²) in [4.78, 5) is 22.7. The Morgan fingerprint density at radius 3 is 1.96 bits per heavy atom. The Balaban J connectivity index is 1.73. The molecule has 0 saturated carbocycles. The van der Waals surface area contributed by atoms with Gasteiger partial charge in [0.1, 0.15) is 0 Å². The fourth-order valence-corrected chi connectivity index (χ4v) is 3.00. The molecule has 24 heavy (non-hydrogen) atoms. The summed E-state index contributed by atoms with van der Waals surface area (Å²) >= 11 is 0. The number of carboxylic acids is 1. The SMILES string of the molecule is O=C(O)CCCCNC(=O)C=C1c2ccccc2-c2ccccc21. The minimum Gasteiger partial charge on any atom is -0.481 e. The van der Waals surface area contributed by atoms with Crippen LogP contribution in [0.4, 0.5) is 0 Å². The van der Waals surface area contributed by atoms with Gasteiger partial charge in [-0.15, -0.1) is 0 Å². The van der Waals surface area contributed by atoms with Crippen LogP contribution in [-0.4, -0.2) is 23.5 Å². The molecular formula is C20H19NO3. The number of carbonyl (C=O) groups excluding carboxylic acids is 1. The van der Waals surface area contributed by atoms with Crippen LogP contribution in [0.25, 0.3) is 16.7 Å². The van der Waals surface area contributed by atoms with E-state index in [0.717, 1.165) is 27.8 Å². The highest BCUT2D eigenvalue weighted by molar-refractivity contribution is 6.08. The van der Waals surface area contributed by atoms with Gasteiger partial charge in [-0.2, -0.15) is 0 Å². The van der Waals surface area contributed by atoms with Crippen molar-refractivity contribution >= 4 is 17.4 Å². The lowest BCUT2D eigenvalue weighted by molar-refractivity contribution is -0.137. The van der Waals surface area contributed by atoms with Gasteiger partial charge < -0.3 is 10.4 Å². The summed E-state index contributed by atoms with van der Waals surface area (Å²) in [7, 11) is 0. The maximum absolute atomic E-state index is 12.2. The van der Waals surface area contributed by atoms with Crippen molar-refractivity contribution in [3.63, 3.8) is 0 Å². The quantitative estimate of drug-likeness (QED) is 0.539. The van der Waals surface area contributed by atoms with Crippen molar-refractivity contribution in [2.75, 3.05) is 6.54 Å². The summed E-state index contributed by atoms with van der Waals surface area (Å²) in [5.74, 6) is -0.950. The number of rotatable bonds is 6. The molecule has 0 unspecified atom stereocenters. The Labute approximate surface area is 140 Å². The van der Waals surface area contributed by atoms with Crippen molar-refractivity contribution in [1.82, 2.24) is 5.32 Å². The molecule has 0 aliphatic heterocycles. The molecule has 0 atom stereocenters. The number of aliphatic carboxylic acids is 1. The van der Waals surface area contributed by atoms with E-state index < -0.39 is 5.97 Å². The van der Waals surface area contributed by atoms with E-state index in [2.05, 4.69) is 17.4 Å². The third-order valence-electron chi connectivity index (χ3n) is 4.12. The third kappa shape index (κ3) is 3.38. The normalized spacial score (nSPS) is 11.6. The molecule has 1 aliphatic carbocycles. The van der Waals surface area contributed by atoms with Gasteiger partial charge in [-0.3, -0.25) is 9.59 Å². The van der Waals surface area contributed by atoms with E-state index in [1.54, 1.807) is 6.08 Å². The second-order valence-corrected chi connectivity index (χ2v) is 5.79. The molecule has 122 valence electrons. The Morgan fingerprint density at radius 2 is 1.42 bits per heavy atom. The van der Waals surface area contributed by atoms with Gasteiger partial charge in [-0.25, -0.2) is 0 Å². The van der Waals surface area contributed by atoms with E-state index >= 15 is 0 Å². The maximum atomic E-state index is 12.2. The fraction of sp³-hybridized carbons (Fsp3) is 0.200. The second-order valence-electron chi connectivity index (χ2n) is 5.79. The van der Waals surface area contributed by atoms with Crippen molar-refractivity contribution in [2.24, 2.45) is 0 Å². The maximum Gasteiger partial charge on any atom is 0.303 e. The molecule has 0 radical (unpaired) electrons. The molecule has 0 heterocycles. The highest BCUT2D eigenvalue weighted by Crippen LogP contribution is 2.43. The van der Waals surface area contributed by atoms with Crippen LogP contribution in [0.3, 0.4) is 0 Å². The van der Waals surface area contributed by atoms with Gasteiger partial charge in [0.2, 0.25) is 5.91 Å². The summed E-state index contributed by atoms with van der Waals surface area (Å²) in [6, 6.07) is 16.1. The lowest BCUT2D eigenvalue weighted by atomic mass is 10.0. The van der Waals surface area contributed by atoms with Crippen molar-refractivity contribution in [3.8, 4) is 11.1 Å². The van der Waals surface area contributed by atoms with Crippen molar-refractivity contribution in [2.45, 2.75) is 19.3 Å². The van der Waals surface area contributed by atoms with Crippen LogP contribution in [0.15, 0.2) is 54.6 Å². The standard InChI is InChI=1S/C20H19NO3/c22-19(21-12-6-5-11-20(23)24)13-18-16-9-3-1-7-14(16)15-8-2-4-10-17(15)18/h1-4,7-10,13H,5-6,11-12H2,(H,21,22)(H,23,24). The number of nitrogens with one attached hydrogen (secondary N) is 1. The van der Waals surface area contributed by atoms with Crippen LogP contribution < -0.4 is 5.32 Å². The first kappa shape index (κ1) is 16.0. The predicted molar refractivity (Wildman–Crippen MR) is 93.5 cm³/mol. The number of hydrogen-bond donors (Lipinski definition) is 2. The Bertz CT molecular complexity index is 761. The first-order chi connectivity index (χ1) is 11.7. The number of benzene rings is 2. The average Bonchev–Trinajstić information content (AvgIpc) is 2.89. The Morgan fingerprint density at radius 1 is 0.875 bits per heavy atom. The zero-order valence-corrected chi connectivity index (χ0v) is 13.3. The summed E-state index contributed by atoms with van der Waals surface area (Å²) in [6.45, 7) is 0.485. The molecule has 0 aromatic heterocycles. The molecule has 2 aromatic carbocycles. The van der Waals surface area contributed by atoms with Crippen LogP contribution in [0, 0.1) is 0 Å². The fourth-order valence-electron chi connectivity index (χ4n) is 3.00. The third-order valence-corrected chi connectivity index (χ3v) is 4.12. The number of carbonyl (C=O) groups is 2. The number of unbranched alkanes of at least 4 members (excludes halogenated alkanes) is 1. The van der Waals surface area contributed by atoms with E-state index in [4.69, 9.17) is 5.11 Å². The molecule has 0 saturated heterocycles. The van der Waals surface area contributed by atoms with Crippen molar-refractivity contribution in [1.29, 1.82) is 0 Å². The first-order valence-electron chi connectivity index (χ1n) is 8.07. The lowest BCUT2D eigenvalue weighted by Gasteiger charge is -2.04. The number of hydrogen-bond acceptors (Lipinski definition) is 2.